The van der Waals surface area contributed by atoms with Gasteiger partial charge >= 0.3 is 0 Å². The molecule has 0 unspecified atom stereocenters. The first-order chi connectivity index (χ1) is 31.3. The second-order valence-corrected chi connectivity index (χ2v) is 17.7. The lowest BCUT2D eigenvalue weighted by molar-refractivity contribution is 0.642. The molecule has 306 valence electrons. The number of aryl methyl sites for hydroxylation is 2. The molecule has 0 fully saturated rings. The lowest BCUT2D eigenvalue weighted by Gasteiger charge is -2.26. The van der Waals surface area contributed by atoms with Crippen LogP contribution in [0.3, 0.4) is 0 Å². The molecule has 0 radical (unpaired) electrons. The zero-order chi connectivity index (χ0) is 43.1. The van der Waals surface area contributed by atoms with Gasteiger partial charge in [0.05, 0.1) is 27.6 Å². The lowest BCUT2D eigenvalue weighted by Crippen LogP contribution is -2.18. The van der Waals surface area contributed by atoms with Crippen LogP contribution in [0, 0.1) is 13.8 Å². The van der Waals surface area contributed by atoms with E-state index in [2.05, 4.69) is 224 Å². The van der Waals surface area contributed by atoms with Gasteiger partial charge in [0.15, 0.2) is 0 Å². The van der Waals surface area contributed by atoms with Crippen molar-refractivity contribution < 1.29 is 0 Å². The van der Waals surface area contributed by atoms with Crippen LogP contribution in [0.15, 0.2) is 194 Å². The number of imidazole rings is 1. The van der Waals surface area contributed by atoms with Crippen molar-refractivity contribution in [3.05, 3.63) is 217 Å². The van der Waals surface area contributed by atoms with Gasteiger partial charge in [0.25, 0.3) is 0 Å². The molecular weight excluding hydrogens is 779 g/mol. The summed E-state index contributed by atoms with van der Waals surface area (Å²) < 4.78 is 4.65. The van der Waals surface area contributed by atoms with Crippen LogP contribution in [0.4, 0.5) is 0 Å². The summed E-state index contributed by atoms with van der Waals surface area (Å²) >= 11 is 0. The van der Waals surface area contributed by atoms with Crippen LogP contribution in [-0.4, -0.2) is 24.1 Å². The van der Waals surface area contributed by atoms with E-state index in [1.54, 1.807) is 0 Å². The SMILES string of the molecule is Cc1cc2[nH]c3c(-c4nc5c(-c6ccc7c8cc(C(C)(C)c9ccccc9)ccc8n(-c8ccccn8)c7c6)cccc5n4-c4ccccc4)cc(-c4ccccc4)cc3c2cc1C. The third-order valence-electron chi connectivity index (χ3n) is 13.5. The molecule has 8 aromatic carbocycles. The number of hydrogen-bond acceptors (Lipinski definition) is 2. The number of H-pyrrole nitrogens is 1. The minimum Gasteiger partial charge on any atom is -0.354 e. The van der Waals surface area contributed by atoms with Gasteiger partial charge in [-0.1, -0.05) is 129 Å². The Kier molecular flexibility index (Phi) is 8.57. The van der Waals surface area contributed by atoms with E-state index < -0.39 is 0 Å². The van der Waals surface area contributed by atoms with Gasteiger partial charge in [-0.05, 0) is 126 Å². The van der Waals surface area contributed by atoms with E-state index in [4.69, 9.17) is 9.97 Å². The van der Waals surface area contributed by atoms with Crippen molar-refractivity contribution in [1.29, 1.82) is 0 Å². The summed E-state index contributed by atoms with van der Waals surface area (Å²) in [6.07, 6.45) is 1.88. The molecule has 0 atom stereocenters. The third-order valence-corrected chi connectivity index (χ3v) is 13.5. The van der Waals surface area contributed by atoms with E-state index in [1.807, 2.05) is 12.3 Å². The molecule has 12 aromatic rings. The first-order valence-corrected chi connectivity index (χ1v) is 22.1. The van der Waals surface area contributed by atoms with Crippen LogP contribution in [0.1, 0.15) is 36.1 Å². The Bertz CT molecular complexity index is 3740. The molecule has 0 aliphatic heterocycles. The van der Waals surface area contributed by atoms with Gasteiger partial charge in [0.1, 0.15) is 11.6 Å². The highest BCUT2D eigenvalue weighted by Crippen LogP contribution is 2.43. The monoisotopic (exact) mass is 823 g/mol. The number of rotatable bonds is 7. The first kappa shape index (κ1) is 37.7. The normalized spacial score (nSPS) is 12.1. The number of fused-ring (bicyclic) bond motifs is 7. The summed E-state index contributed by atoms with van der Waals surface area (Å²) in [5.74, 6) is 1.77. The van der Waals surface area contributed by atoms with Crippen molar-refractivity contribution >= 4 is 54.6 Å². The van der Waals surface area contributed by atoms with Crippen LogP contribution < -0.4 is 0 Å². The maximum atomic E-state index is 5.72. The van der Waals surface area contributed by atoms with Gasteiger partial charge in [-0.25, -0.2) is 9.97 Å². The van der Waals surface area contributed by atoms with Crippen LogP contribution in [-0.2, 0) is 5.41 Å². The highest BCUT2D eigenvalue weighted by molar-refractivity contribution is 6.15. The zero-order valence-electron chi connectivity index (χ0n) is 36.3. The van der Waals surface area contributed by atoms with E-state index in [0.717, 1.165) is 72.7 Å². The highest BCUT2D eigenvalue weighted by atomic mass is 15.1. The Morgan fingerprint density at radius 3 is 2.00 bits per heavy atom. The van der Waals surface area contributed by atoms with Gasteiger partial charge < -0.3 is 4.98 Å². The summed E-state index contributed by atoms with van der Waals surface area (Å²) in [5, 5.41) is 4.78. The summed E-state index contributed by atoms with van der Waals surface area (Å²) in [7, 11) is 0. The van der Waals surface area contributed by atoms with Crippen molar-refractivity contribution in [2.45, 2.75) is 33.1 Å². The number of aromatic nitrogens is 5. The van der Waals surface area contributed by atoms with Crippen LogP contribution in [0.2, 0.25) is 0 Å². The Balaban J connectivity index is 1.11. The first-order valence-electron chi connectivity index (χ1n) is 22.1. The molecule has 0 saturated heterocycles. The molecule has 1 N–H and O–H groups in total. The van der Waals surface area contributed by atoms with Crippen molar-refractivity contribution in [3.8, 4) is 45.1 Å². The van der Waals surface area contributed by atoms with E-state index in [-0.39, 0.29) is 5.41 Å². The van der Waals surface area contributed by atoms with Crippen LogP contribution in [0.5, 0.6) is 0 Å². The number of aromatic amines is 1. The molecule has 5 nitrogen and oxygen atoms in total. The molecule has 4 aromatic heterocycles. The summed E-state index contributed by atoms with van der Waals surface area (Å²) in [6.45, 7) is 9.01. The van der Waals surface area contributed by atoms with Crippen molar-refractivity contribution in [2.75, 3.05) is 0 Å². The van der Waals surface area contributed by atoms with Crippen LogP contribution >= 0.6 is 0 Å². The summed E-state index contributed by atoms with van der Waals surface area (Å²) in [6, 6.07) is 68.0. The van der Waals surface area contributed by atoms with Crippen LogP contribution in [0.25, 0.3) is 99.8 Å². The Morgan fingerprint density at radius 2 is 1.22 bits per heavy atom. The molecule has 4 heterocycles. The largest absolute Gasteiger partial charge is 0.354 e. The lowest BCUT2D eigenvalue weighted by atomic mass is 9.78. The summed E-state index contributed by atoms with van der Waals surface area (Å²) in [4.78, 5) is 14.5. The second kappa shape index (κ2) is 14.5. The molecule has 0 bridgehead atoms. The minimum atomic E-state index is -0.184. The fraction of sp³-hybridized carbons (Fsp3) is 0.0847. The number of pyridine rings is 1. The van der Waals surface area contributed by atoms with E-state index in [0.29, 0.717) is 0 Å². The molecule has 5 heteroatoms. The van der Waals surface area contributed by atoms with E-state index in [1.165, 1.54) is 49.4 Å². The summed E-state index contributed by atoms with van der Waals surface area (Å²) in [5.41, 5.74) is 17.9. The predicted octanol–water partition coefficient (Wildman–Crippen LogP) is 15.1. The van der Waals surface area contributed by atoms with Gasteiger partial charge in [0.2, 0.25) is 0 Å². The fourth-order valence-electron chi connectivity index (χ4n) is 9.92. The topological polar surface area (TPSA) is 51.4 Å². The van der Waals surface area contributed by atoms with E-state index >= 15 is 0 Å². The average molecular weight is 824 g/mol. The number of para-hydroxylation sites is 2. The number of hydrogen-bond donors (Lipinski definition) is 1. The third kappa shape index (κ3) is 5.92. The second-order valence-electron chi connectivity index (χ2n) is 17.7. The standard InChI is InChI=1S/C59H45N5/c1-37-31-47-49-33-41(39-17-8-5-9-18-39)34-50(56(49)61-51(47)32-38(37)2)58-62-57-45(23-16-24-53(57)63(58)44-21-12-7-13-22-44)40-26-28-46-48-36-43(59(3,4)42-19-10-6-11-20-42)27-29-52(48)64(54(46)35-40)55-25-14-15-30-60-55/h5-36,61H,1-4H3. The quantitative estimate of drug-likeness (QED) is 0.174. The minimum absolute atomic E-state index is 0.184. The van der Waals surface area contributed by atoms with Gasteiger partial charge in [-0.2, -0.15) is 0 Å². The molecule has 0 amide bonds. The molecule has 0 aliphatic rings. The highest BCUT2D eigenvalue weighted by Gasteiger charge is 2.26. The van der Waals surface area contributed by atoms with Crippen molar-refractivity contribution in [2.24, 2.45) is 0 Å². The average Bonchev–Trinajstić information content (AvgIpc) is 4.01. The fourth-order valence-corrected chi connectivity index (χ4v) is 9.92. The molecule has 0 aliphatic carbocycles. The number of nitrogens with zero attached hydrogens (tertiary/aromatic N) is 4. The molecular formula is C59H45N5. The Labute approximate surface area is 371 Å². The Hall–Kier alpha value is -8.02. The molecule has 12 rings (SSSR count). The van der Waals surface area contributed by atoms with Gasteiger partial charge in [-0.3, -0.25) is 9.13 Å². The molecule has 64 heavy (non-hydrogen) atoms. The van der Waals surface area contributed by atoms with E-state index in [9.17, 15) is 0 Å². The van der Waals surface area contributed by atoms with Gasteiger partial charge in [0, 0.05) is 55.5 Å². The smallest absolute Gasteiger partial charge is 0.147 e. The van der Waals surface area contributed by atoms with Crippen molar-refractivity contribution in [3.63, 3.8) is 0 Å². The number of benzene rings is 8. The maximum absolute atomic E-state index is 5.72. The molecule has 0 spiro atoms. The maximum Gasteiger partial charge on any atom is 0.147 e. The Morgan fingerprint density at radius 1 is 0.469 bits per heavy atom. The molecule has 0 saturated carbocycles. The predicted molar refractivity (Wildman–Crippen MR) is 267 cm³/mol. The van der Waals surface area contributed by atoms with Crippen molar-refractivity contribution in [1.82, 2.24) is 24.1 Å². The number of nitrogens with one attached hydrogen (secondary N) is 1. The zero-order valence-corrected chi connectivity index (χ0v) is 36.3. The van der Waals surface area contributed by atoms with Gasteiger partial charge in [-0.15, -0.1) is 0 Å².